The second kappa shape index (κ2) is 7.44. The molecule has 0 spiro atoms. The molecule has 22 heavy (non-hydrogen) atoms. The van der Waals surface area contributed by atoms with Crippen LogP contribution in [0.15, 0.2) is 0 Å². The van der Waals surface area contributed by atoms with Crippen molar-refractivity contribution in [2.75, 3.05) is 18.1 Å². The zero-order valence-electron chi connectivity index (χ0n) is 13.2. The highest BCUT2D eigenvalue weighted by molar-refractivity contribution is 7.91. The lowest BCUT2D eigenvalue weighted by Gasteiger charge is -2.30. The fourth-order valence-electron chi connectivity index (χ4n) is 3.40. The Bertz CT molecular complexity index is 510. The zero-order chi connectivity index (χ0) is 16.2. The molecule has 0 aromatic carbocycles. The third kappa shape index (κ3) is 4.97. The van der Waals surface area contributed by atoms with Crippen molar-refractivity contribution < 1.29 is 18.0 Å². The van der Waals surface area contributed by atoms with Gasteiger partial charge in [-0.3, -0.25) is 9.59 Å². The minimum atomic E-state index is -3.01. The Morgan fingerprint density at radius 2 is 1.73 bits per heavy atom. The van der Waals surface area contributed by atoms with Gasteiger partial charge in [-0.15, -0.1) is 0 Å². The lowest BCUT2D eigenvalue weighted by Crippen LogP contribution is -2.47. The SMILES string of the molecule is CC(=O)N(CC(=O)NC1CCS(=O)(=O)C1)C1CCCCCC1. The van der Waals surface area contributed by atoms with E-state index in [2.05, 4.69) is 5.32 Å². The van der Waals surface area contributed by atoms with Crippen molar-refractivity contribution in [1.29, 1.82) is 0 Å². The van der Waals surface area contributed by atoms with Gasteiger partial charge < -0.3 is 10.2 Å². The molecule has 1 saturated carbocycles. The average molecular weight is 330 g/mol. The monoisotopic (exact) mass is 330 g/mol. The van der Waals surface area contributed by atoms with Gasteiger partial charge in [-0.05, 0) is 19.3 Å². The van der Waals surface area contributed by atoms with Gasteiger partial charge in [0.25, 0.3) is 0 Å². The summed E-state index contributed by atoms with van der Waals surface area (Å²) in [6, 6.07) is -0.168. The van der Waals surface area contributed by atoms with E-state index in [0.717, 1.165) is 25.7 Å². The quantitative estimate of drug-likeness (QED) is 0.775. The summed E-state index contributed by atoms with van der Waals surface area (Å²) in [7, 11) is -3.01. The molecule has 2 fully saturated rings. The molecule has 0 aromatic heterocycles. The molecule has 1 aliphatic carbocycles. The smallest absolute Gasteiger partial charge is 0.239 e. The van der Waals surface area contributed by atoms with Crippen LogP contribution in [0.4, 0.5) is 0 Å². The lowest BCUT2D eigenvalue weighted by molar-refractivity contribution is -0.137. The summed E-state index contributed by atoms with van der Waals surface area (Å²) in [4.78, 5) is 25.7. The van der Waals surface area contributed by atoms with Gasteiger partial charge >= 0.3 is 0 Å². The Hall–Kier alpha value is -1.11. The third-order valence-corrected chi connectivity index (χ3v) is 6.35. The standard InChI is InChI=1S/C15H26N2O4S/c1-12(18)17(14-6-4-2-3-5-7-14)10-15(19)16-13-8-9-22(20,21)11-13/h13-14H,2-11H2,1H3,(H,16,19). The minimum Gasteiger partial charge on any atom is -0.351 e. The maximum Gasteiger partial charge on any atom is 0.239 e. The summed E-state index contributed by atoms with van der Waals surface area (Å²) in [5.74, 6) is -0.179. The van der Waals surface area contributed by atoms with Crippen molar-refractivity contribution in [2.45, 2.75) is 64.0 Å². The van der Waals surface area contributed by atoms with Gasteiger partial charge in [-0.1, -0.05) is 25.7 Å². The molecule has 0 aromatic rings. The minimum absolute atomic E-state index is 0.0161. The number of rotatable bonds is 4. The first-order valence-electron chi connectivity index (χ1n) is 8.14. The van der Waals surface area contributed by atoms with Crippen LogP contribution < -0.4 is 5.32 Å². The van der Waals surface area contributed by atoms with Crippen LogP contribution in [0.2, 0.25) is 0 Å². The van der Waals surface area contributed by atoms with Crippen molar-refractivity contribution >= 4 is 21.7 Å². The van der Waals surface area contributed by atoms with Crippen LogP contribution in [0, 0.1) is 0 Å². The van der Waals surface area contributed by atoms with E-state index in [0.29, 0.717) is 6.42 Å². The second-order valence-corrected chi connectivity index (χ2v) is 8.69. The number of nitrogens with zero attached hydrogens (tertiary/aromatic N) is 1. The Labute approximate surface area is 132 Å². The van der Waals surface area contributed by atoms with E-state index in [-0.39, 0.29) is 41.9 Å². The van der Waals surface area contributed by atoms with Crippen LogP contribution in [0.3, 0.4) is 0 Å². The van der Waals surface area contributed by atoms with Crippen LogP contribution in [0.1, 0.15) is 51.9 Å². The summed E-state index contributed by atoms with van der Waals surface area (Å²) < 4.78 is 22.8. The average Bonchev–Trinajstić information content (AvgIpc) is 2.66. The molecule has 7 heteroatoms. The lowest BCUT2D eigenvalue weighted by atomic mass is 10.1. The van der Waals surface area contributed by atoms with Crippen LogP contribution >= 0.6 is 0 Å². The van der Waals surface area contributed by atoms with Gasteiger partial charge in [0.2, 0.25) is 11.8 Å². The molecule has 0 radical (unpaired) electrons. The van der Waals surface area contributed by atoms with E-state index in [9.17, 15) is 18.0 Å². The normalized spacial score (nSPS) is 25.4. The first-order valence-corrected chi connectivity index (χ1v) is 9.96. The van der Waals surface area contributed by atoms with Gasteiger partial charge in [-0.2, -0.15) is 0 Å². The highest BCUT2D eigenvalue weighted by atomic mass is 32.2. The van der Waals surface area contributed by atoms with E-state index in [1.165, 1.54) is 19.8 Å². The van der Waals surface area contributed by atoms with E-state index in [4.69, 9.17) is 0 Å². The molecule has 2 amide bonds. The van der Waals surface area contributed by atoms with E-state index in [1.807, 2.05) is 0 Å². The van der Waals surface area contributed by atoms with E-state index >= 15 is 0 Å². The van der Waals surface area contributed by atoms with Crippen molar-refractivity contribution in [1.82, 2.24) is 10.2 Å². The van der Waals surface area contributed by atoms with Crippen molar-refractivity contribution in [3.05, 3.63) is 0 Å². The fourth-order valence-corrected chi connectivity index (χ4v) is 5.08. The van der Waals surface area contributed by atoms with Crippen molar-refractivity contribution in [3.8, 4) is 0 Å². The Balaban J connectivity index is 1.90. The topological polar surface area (TPSA) is 83.6 Å². The van der Waals surface area contributed by atoms with Crippen LogP contribution in [-0.2, 0) is 19.4 Å². The Morgan fingerprint density at radius 3 is 2.23 bits per heavy atom. The molecule has 2 aliphatic rings. The summed E-state index contributed by atoms with van der Waals surface area (Å²) in [5.41, 5.74) is 0. The van der Waals surface area contributed by atoms with Gasteiger partial charge in [0.1, 0.15) is 0 Å². The number of amides is 2. The first kappa shape index (κ1) is 17.2. The first-order chi connectivity index (χ1) is 10.4. The van der Waals surface area contributed by atoms with E-state index < -0.39 is 9.84 Å². The van der Waals surface area contributed by atoms with Gasteiger partial charge in [-0.25, -0.2) is 8.42 Å². The number of hydrogen-bond donors (Lipinski definition) is 1. The van der Waals surface area contributed by atoms with Crippen molar-refractivity contribution in [2.24, 2.45) is 0 Å². The van der Waals surface area contributed by atoms with Gasteiger partial charge in [0.15, 0.2) is 9.84 Å². The predicted octanol–water partition coefficient (Wildman–Crippen LogP) is 0.861. The van der Waals surface area contributed by atoms with Crippen LogP contribution in [-0.4, -0.2) is 55.3 Å². The molecule has 1 unspecified atom stereocenters. The number of hydrogen-bond acceptors (Lipinski definition) is 4. The van der Waals surface area contributed by atoms with Crippen LogP contribution in [0.5, 0.6) is 0 Å². The summed E-state index contributed by atoms with van der Waals surface area (Å²) in [6.07, 6.45) is 6.93. The maximum absolute atomic E-state index is 12.2. The Morgan fingerprint density at radius 1 is 1.09 bits per heavy atom. The largest absolute Gasteiger partial charge is 0.351 e. The molecule has 1 aliphatic heterocycles. The predicted molar refractivity (Wildman–Crippen MR) is 84.1 cm³/mol. The molecule has 6 nitrogen and oxygen atoms in total. The molecular weight excluding hydrogens is 304 g/mol. The highest BCUT2D eigenvalue weighted by Crippen LogP contribution is 2.22. The number of carbonyl (C=O) groups excluding carboxylic acids is 2. The third-order valence-electron chi connectivity index (χ3n) is 4.58. The zero-order valence-corrected chi connectivity index (χ0v) is 14.0. The summed E-state index contributed by atoms with van der Waals surface area (Å²) in [5, 5.41) is 2.76. The molecule has 1 atom stereocenters. The Kier molecular flexibility index (Phi) is 5.83. The number of sulfone groups is 1. The number of nitrogens with one attached hydrogen (secondary N) is 1. The number of carbonyl (C=O) groups is 2. The van der Waals surface area contributed by atoms with Crippen molar-refractivity contribution in [3.63, 3.8) is 0 Å². The maximum atomic E-state index is 12.2. The molecule has 1 N–H and O–H groups in total. The molecule has 2 rings (SSSR count). The fraction of sp³-hybridized carbons (Fsp3) is 0.867. The molecule has 1 saturated heterocycles. The molecular formula is C15H26N2O4S. The highest BCUT2D eigenvalue weighted by Gasteiger charge is 2.30. The van der Waals surface area contributed by atoms with Gasteiger partial charge in [0.05, 0.1) is 18.1 Å². The van der Waals surface area contributed by atoms with E-state index in [1.54, 1.807) is 4.90 Å². The molecule has 126 valence electrons. The summed E-state index contributed by atoms with van der Waals surface area (Å²) in [6.45, 7) is 1.54. The van der Waals surface area contributed by atoms with Crippen LogP contribution in [0.25, 0.3) is 0 Å². The van der Waals surface area contributed by atoms with Gasteiger partial charge in [0, 0.05) is 19.0 Å². The molecule has 1 heterocycles. The second-order valence-electron chi connectivity index (χ2n) is 6.46. The molecule has 0 bridgehead atoms. The summed E-state index contributed by atoms with van der Waals surface area (Å²) >= 11 is 0.